The molecule has 0 bridgehead atoms. The van der Waals surface area contributed by atoms with E-state index in [4.69, 9.17) is 5.11 Å². The van der Waals surface area contributed by atoms with Gasteiger partial charge in [-0.25, -0.2) is 9.78 Å². The van der Waals surface area contributed by atoms with E-state index in [0.717, 1.165) is 11.4 Å². The van der Waals surface area contributed by atoms with Crippen molar-refractivity contribution >= 4 is 17.4 Å². The van der Waals surface area contributed by atoms with Gasteiger partial charge in [0, 0.05) is 18.1 Å². The molecule has 1 rings (SSSR count). The number of carbonyl (C=O) groups excluding carboxylic acids is 1. The summed E-state index contributed by atoms with van der Waals surface area (Å²) >= 11 is 1.61. The van der Waals surface area contributed by atoms with Gasteiger partial charge in [0.15, 0.2) is 0 Å². The van der Waals surface area contributed by atoms with Crippen LogP contribution in [0.5, 0.6) is 0 Å². The quantitative estimate of drug-likeness (QED) is 0.833. The van der Waals surface area contributed by atoms with Crippen molar-refractivity contribution in [3.63, 3.8) is 0 Å². The number of hydrogen-bond acceptors (Lipinski definition) is 4. The fourth-order valence-corrected chi connectivity index (χ4v) is 1.99. The van der Waals surface area contributed by atoms with E-state index in [1.807, 2.05) is 6.20 Å². The van der Waals surface area contributed by atoms with Gasteiger partial charge in [0.05, 0.1) is 19.2 Å². The van der Waals surface area contributed by atoms with E-state index in [9.17, 15) is 4.79 Å². The smallest absolute Gasteiger partial charge is 0.317 e. The molecule has 5 nitrogen and oxygen atoms in total. The molecule has 0 aromatic carbocycles. The van der Waals surface area contributed by atoms with E-state index in [-0.39, 0.29) is 18.7 Å². The normalized spacial score (nSPS) is 12.2. The second-order valence-electron chi connectivity index (χ2n) is 3.88. The lowest BCUT2D eigenvalue weighted by Gasteiger charge is -2.23. The lowest BCUT2D eigenvalue weighted by molar-refractivity contribution is 0.157. The van der Waals surface area contributed by atoms with Crippen LogP contribution < -0.4 is 5.32 Å². The fraction of sp³-hybridized carbons (Fsp3) is 0.636. The third-order valence-corrected chi connectivity index (χ3v) is 3.73. The Hall–Kier alpha value is -1.14. The molecule has 2 amide bonds. The van der Waals surface area contributed by atoms with Crippen LogP contribution in [-0.4, -0.2) is 40.7 Å². The maximum atomic E-state index is 11.7. The van der Waals surface area contributed by atoms with Crippen molar-refractivity contribution < 1.29 is 9.90 Å². The minimum atomic E-state index is -0.195. The number of aromatic nitrogens is 1. The number of rotatable bonds is 5. The molecule has 0 radical (unpaired) electrons. The molecule has 17 heavy (non-hydrogen) atoms. The summed E-state index contributed by atoms with van der Waals surface area (Å²) in [5, 5.41) is 12.6. The van der Waals surface area contributed by atoms with Gasteiger partial charge in [-0.15, -0.1) is 11.3 Å². The third-order valence-electron chi connectivity index (χ3n) is 2.59. The zero-order chi connectivity index (χ0) is 12.8. The van der Waals surface area contributed by atoms with E-state index in [0.29, 0.717) is 6.54 Å². The highest BCUT2D eigenvalue weighted by Gasteiger charge is 2.14. The van der Waals surface area contributed by atoms with Gasteiger partial charge in [0.1, 0.15) is 5.01 Å². The molecule has 0 aliphatic carbocycles. The number of aryl methyl sites for hydroxylation is 1. The van der Waals surface area contributed by atoms with Crippen LogP contribution in [0.15, 0.2) is 6.20 Å². The van der Waals surface area contributed by atoms with Gasteiger partial charge in [-0.2, -0.15) is 0 Å². The summed E-state index contributed by atoms with van der Waals surface area (Å²) in [6.07, 6.45) is 2.80. The molecule has 0 saturated heterocycles. The van der Waals surface area contributed by atoms with E-state index in [1.165, 1.54) is 9.78 Å². The minimum absolute atomic E-state index is 0.0405. The van der Waals surface area contributed by atoms with Crippen molar-refractivity contribution in [1.29, 1.82) is 0 Å². The Kier molecular flexibility index (Phi) is 5.37. The number of aliphatic hydroxyl groups excluding tert-OH is 1. The number of aliphatic hydroxyl groups is 1. The lowest BCUT2D eigenvalue weighted by atomic mass is 10.3. The zero-order valence-electron chi connectivity index (χ0n) is 10.4. The van der Waals surface area contributed by atoms with Gasteiger partial charge in [-0.1, -0.05) is 6.92 Å². The first-order chi connectivity index (χ1) is 8.08. The Morgan fingerprint density at radius 1 is 1.71 bits per heavy atom. The van der Waals surface area contributed by atoms with Crippen molar-refractivity contribution in [2.75, 3.05) is 13.7 Å². The van der Waals surface area contributed by atoms with E-state index >= 15 is 0 Å². The van der Waals surface area contributed by atoms with E-state index < -0.39 is 0 Å². The lowest BCUT2D eigenvalue weighted by Crippen LogP contribution is -2.43. The molecular weight excluding hydrogens is 238 g/mol. The molecule has 1 unspecified atom stereocenters. The van der Waals surface area contributed by atoms with Crippen LogP contribution in [0.2, 0.25) is 0 Å². The van der Waals surface area contributed by atoms with Crippen LogP contribution in [0.1, 0.15) is 23.7 Å². The Bertz CT molecular complexity index is 367. The van der Waals surface area contributed by atoms with Gasteiger partial charge in [-0.05, 0) is 13.3 Å². The molecule has 1 aromatic heterocycles. The average molecular weight is 257 g/mol. The first-order valence-electron chi connectivity index (χ1n) is 5.63. The SMILES string of the molecule is CCc1cnc(CNC(=O)N(C)C(C)CO)s1. The first-order valence-corrected chi connectivity index (χ1v) is 6.45. The van der Waals surface area contributed by atoms with Crippen LogP contribution in [0.25, 0.3) is 0 Å². The first kappa shape index (κ1) is 13.9. The molecule has 0 aliphatic heterocycles. The van der Waals surface area contributed by atoms with Gasteiger partial charge in [0.2, 0.25) is 0 Å². The molecule has 6 heteroatoms. The number of likely N-dealkylation sites (N-methyl/N-ethyl adjacent to an activating group) is 1. The summed E-state index contributed by atoms with van der Waals surface area (Å²) in [5.74, 6) is 0. The predicted octanol–water partition coefficient (Wildman–Crippen LogP) is 1.23. The largest absolute Gasteiger partial charge is 0.394 e. The third kappa shape index (κ3) is 3.98. The predicted molar refractivity (Wildman–Crippen MR) is 68.0 cm³/mol. The number of nitrogens with zero attached hydrogens (tertiary/aromatic N) is 2. The maximum absolute atomic E-state index is 11.7. The van der Waals surface area contributed by atoms with Crippen LogP contribution in [0, 0.1) is 0 Å². The number of urea groups is 1. The van der Waals surface area contributed by atoms with Gasteiger partial charge < -0.3 is 15.3 Å². The van der Waals surface area contributed by atoms with Crippen molar-refractivity contribution in [1.82, 2.24) is 15.2 Å². The Balaban J connectivity index is 2.42. The van der Waals surface area contributed by atoms with Crippen molar-refractivity contribution in [2.24, 2.45) is 0 Å². The highest BCUT2D eigenvalue weighted by atomic mass is 32.1. The second-order valence-corrected chi connectivity index (χ2v) is 5.07. The number of nitrogens with one attached hydrogen (secondary N) is 1. The highest BCUT2D eigenvalue weighted by molar-refractivity contribution is 7.11. The number of amides is 2. The van der Waals surface area contributed by atoms with Crippen LogP contribution >= 0.6 is 11.3 Å². The Morgan fingerprint density at radius 2 is 2.41 bits per heavy atom. The Labute approximate surface area is 105 Å². The standard InChI is InChI=1S/C11H19N3O2S/c1-4-9-5-12-10(17-9)6-13-11(16)14(3)8(2)7-15/h5,8,15H,4,6-7H2,1-3H3,(H,13,16). The van der Waals surface area contributed by atoms with Crippen LogP contribution in [0.3, 0.4) is 0 Å². The summed E-state index contributed by atoms with van der Waals surface area (Å²) in [5.41, 5.74) is 0. The molecule has 0 saturated carbocycles. The van der Waals surface area contributed by atoms with Crippen LogP contribution in [0.4, 0.5) is 4.79 Å². The molecule has 96 valence electrons. The van der Waals surface area contributed by atoms with Crippen molar-refractivity contribution in [2.45, 2.75) is 32.9 Å². The monoisotopic (exact) mass is 257 g/mol. The summed E-state index contributed by atoms with van der Waals surface area (Å²) in [6, 6.07) is -0.378. The number of thiazole rings is 1. The van der Waals surface area contributed by atoms with Crippen molar-refractivity contribution in [3.05, 3.63) is 16.1 Å². The van der Waals surface area contributed by atoms with E-state index in [1.54, 1.807) is 25.3 Å². The molecule has 0 aliphatic rings. The van der Waals surface area contributed by atoms with E-state index in [2.05, 4.69) is 17.2 Å². The molecule has 1 heterocycles. The number of carbonyl (C=O) groups is 1. The molecule has 0 fully saturated rings. The molecule has 0 spiro atoms. The average Bonchev–Trinajstić information content (AvgIpc) is 2.81. The van der Waals surface area contributed by atoms with Crippen molar-refractivity contribution in [3.8, 4) is 0 Å². The highest BCUT2D eigenvalue weighted by Crippen LogP contribution is 2.12. The molecular formula is C11H19N3O2S. The molecule has 1 aromatic rings. The fourth-order valence-electron chi connectivity index (χ4n) is 1.19. The maximum Gasteiger partial charge on any atom is 0.317 e. The van der Waals surface area contributed by atoms with Gasteiger partial charge in [-0.3, -0.25) is 0 Å². The van der Waals surface area contributed by atoms with Crippen LogP contribution in [-0.2, 0) is 13.0 Å². The molecule has 1 atom stereocenters. The summed E-state index contributed by atoms with van der Waals surface area (Å²) in [7, 11) is 1.66. The zero-order valence-corrected chi connectivity index (χ0v) is 11.3. The summed E-state index contributed by atoms with van der Waals surface area (Å²) < 4.78 is 0. The van der Waals surface area contributed by atoms with Gasteiger partial charge >= 0.3 is 6.03 Å². The molecule has 2 N–H and O–H groups in total. The van der Waals surface area contributed by atoms with Gasteiger partial charge in [0.25, 0.3) is 0 Å². The topological polar surface area (TPSA) is 65.5 Å². The number of hydrogen-bond donors (Lipinski definition) is 2. The summed E-state index contributed by atoms with van der Waals surface area (Å²) in [6.45, 7) is 4.26. The minimum Gasteiger partial charge on any atom is -0.394 e. The summed E-state index contributed by atoms with van der Waals surface area (Å²) in [4.78, 5) is 18.6. The Morgan fingerprint density at radius 3 is 2.94 bits per heavy atom. The second kappa shape index (κ2) is 6.56.